The Morgan fingerprint density at radius 3 is 2.64 bits per heavy atom. The van der Waals surface area contributed by atoms with Gasteiger partial charge < -0.3 is 14.2 Å². The molecule has 6 nitrogen and oxygen atoms in total. The normalized spacial score (nSPS) is 31.2. The Morgan fingerprint density at radius 1 is 1.07 bits per heavy atom. The van der Waals surface area contributed by atoms with Crippen molar-refractivity contribution in [3.05, 3.63) is 29.8 Å². The molecule has 3 fully saturated rings. The standard InChI is InChI=1S/C21H29NO5S/c23-28(24,17-7-9-25-10-8-17)22-11-16(13-26-12-15-5-6-15)19-14-27-20-4-2-1-3-18(20)21(19)22/h1-4,15-17,19,21H,5-14H2/t16-,19-,21-/m0/s1. The van der Waals surface area contributed by atoms with Crippen LogP contribution < -0.4 is 4.74 Å². The van der Waals surface area contributed by atoms with E-state index < -0.39 is 10.0 Å². The van der Waals surface area contributed by atoms with Crippen molar-refractivity contribution in [2.75, 3.05) is 39.6 Å². The fourth-order valence-electron chi connectivity index (χ4n) is 4.88. The predicted octanol–water partition coefficient (Wildman–Crippen LogP) is 2.60. The van der Waals surface area contributed by atoms with Crippen LogP contribution >= 0.6 is 0 Å². The van der Waals surface area contributed by atoms with E-state index >= 15 is 0 Å². The minimum absolute atomic E-state index is 0.142. The van der Waals surface area contributed by atoms with Crippen molar-refractivity contribution < 1.29 is 22.6 Å². The highest BCUT2D eigenvalue weighted by Gasteiger charge is 2.52. The molecule has 1 aromatic rings. The summed E-state index contributed by atoms with van der Waals surface area (Å²) in [6.07, 6.45) is 3.68. The van der Waals surface area contributed by atoms with E-state index in [-0.39, 0.29) is 23.1 Å². The van der Waals surface area contributed by atoms with Crippen LogP contribution in [-0.2, 0) is 19.5 Å². The zero-order valence-corrected chi connectivity index (χ0v) is 17.0. The highest BCUT2D eigenvalue weighted by Crippen LogP contribution is 2.49. The molecule has 0 bridgehead atoms. The summed E-state index contributed by atoms with van der Waals surface area (Å²) in [5.41, 5.74) is 0.999. The molecule has 1 aromatic carbocycles. The maximum Gasteiger partial charge on any atom is 0.217 e. The van der Waals surface area contributed by atoms with Crippen LogP contribution in [0.15, 0.2) is 24.3 Å². The van der Waals surface area contributed by atoms with Gasteiger partial charge in [-0.3, -0.25) is 0 Å². The van der Waals surface area contributed by atoms with E-state index in [0.29, 0.717) is 51.7 Å². The minimum Gasteiger partial charge on any atom is -0.493 e. The van der Waals surface area contributed by atoms with E-state index in [2.05, 4.69) is 0 Å². The molecule has 0 N–H and O–H groups in total. The second-order valence-electron chi connectivity index (χ2n) is 8.62. The fraction of sp³-hybridized carbons (Fsp3) is 0.714. The summed E-state index contributed by atoms with van der Waals surface area (Å²) < 4.78 is 46.3. The molecule has 0 aromatic heterocycles. The second-order valence-corrected chi connectivity index (χ2v) is 10.8. The van der Waals surface area contributed by atoms with Crippen molar-refractivity contribution in [3.8, 4) is 5.75 Å². The van der Waals surface area contributed by atoms with Crippen LogP contribution in [0.3, 0.4) is 0 Å². The number of sulfonamides is 1. The monoisotopic (exact) mass is 407 g/mol. The average Bonchev–Trinajstić information content (AvgIpc) is 3.47. The van der Waals surface area contributed by atoms with Crippen LogP contribution in [0.2, 0.25) is 0 Å². The van der Waals surface area contributed by atoms with Crippen LogP contribution in [-0.4, -0.2) is 57.6 Å². The van der Waals surface area contributed by atoms with E-state index in [0.717, 1.165) is 17.9 Å². The van der Waals surface area contributed by atoms with Gasteiger partial charge in [-0.25, -0.2) is 8.42 Å². The number of para-hydroxylation sites is 1. The Morgan fingerprint density at radius 2 is 1.86 bits per heavy atom. The largest absolute Gasteiger partial charge is 0.493 e. The van der Waals surface area contributed by atoms with Gasteiger partial charge in [0.05, 0.1) is 24.5 Å². The lowest BCUT2D eigenvalue weighted by Gasteiger charge is -2.36. The van der Waals surface area contributed by atoms with E-state index in [9.17, 15) is 8.42 Å². The number of hydrogen-bond acceptors (Lipinski definition) is 5. The van der Waals surface area contributed by atoms with Crippen LogP contribution in [0.25, 0.3) is 0 Å². The second kappa shape index (κ2) is 7.59. The molecule has 5 rings (SSSR count). The maximum absolute atomic E-state index is 13.6. The molecule has 1 saturated carbocycles. The summed E-state index contributed by atoms with van der Waals surface area (Å²) in [7, 11) is -3.39. The summed E-state index contributed by atoms with van der Waals surface area (Å²) in [4.78, 5) is 0. The highest BCUT2D eigenvalue weighted by molar-refractivity contribution is 7.89. The Kier molecular flexibility index (Phi) is 5.11. The first-order valence-corrected chi connectivity index (χ1v) is 12.0. The molecule has 154 valence electrons. The molecular formula is C21H29NO5S. The van der Waals surface area contributed by atoms with E-state index in [1.165, 1.54) is 12.8 Å². The molecule has 7 heteroatoms. The van der Waals surface area contributed by atoms with Crippen molar-refractivity contribution in [2.45, 2.75) is 37.0 Å². The SMILES string of the molecule is O=S(=O)(C1CCOCC1)N1C[C@@H](COCC2CC2)[C@@H]2COc3ccccc3[C@@H]21. The highest BCUT2D eigenvalue weighted by atomic mass is 32.2. The molecule has 28 heavy (non-hydrogen) atoms. The smallest absolute Gasteiger partial charge is 0.217 e. The zero-order valence-electron chi connectivity index (χ0n) is 16.2. The first-order valence-electron chi connectivity index (χ1n) is 10.5. The molecule has 2 saturated heterocycles. The third-order valence-electron chi connectivity index (χ3n) is 6.70. The van der Waals surface area contributed by atoms with Gasteiger partial charge in [-0.15, -0.1) is 0 Å². The van der Waals surface area contributed by atoms with E-state index in [4.69, 9.17) is 14.2 Å². The maximum atomic E-state index is 13.6. The lowest BCUT2D eigenvalue weighted by atomic mass is 9.86. The van der Waals surface area contributed by atoms with Crippen molar-refractivity contribution >= 4 is 10.0 Å². The Balaban J connectivity index is 1.43. The van der Waals surface area contributed by atoms with Crippen molar-refractivity contribution in [3.63, 3.8) is 0 Å². The van der Waals surface area contributed by atoms with Gasteiger partial charge in [0.2, 0.25) is 10.0 Å². The lowest BCUT2D eigenvalue weighted by molar-refractivity contribution is 0.0645. The molecular weight excluding hydrogens is 378 g/mol. The summed E-state index contributed by atoms with van der Waals surface area (Å²) in [5.74, 6) is 1.84. The first-order chi connectivity index (χ1) is 13.6. The molecule has 0 amide bonds. The van der Waals surface area contributed by atoms with Gasteiger partial charge in [0.1, 0.15) is 5.75 Å². The van der Waals surface area contributed by atoms with Gasteiger partial charge in [0.25, 0.3) is 0 Å². The van der Waals surface area contributed by atoms with E-state index in [1.807, 2.05) is 24.3 Å². The fourth-order valence-corrected chi connectivity index (χ4v) is 7.04. The number of hydrogen-bond donors (Lipinski definition) is 0. The summed E-state index contributed by atoms with van der Waals surface area (Å²) in [6.45, 7) is 3.55. The number of benzene rings is 1. The number of rotatable bonds is 6. The average molecular weight is 408 g/mol. The van der Waals surface area contributed by atoms with Crippen molar-refractivity contribution in [2.24, 2.45) is 17.8 Å². The number of nitrogens with zero attached hydrogens (tertiary/aromatic N) is 1. The summed E-state index contributed by atoms with van der Waals surface area (Å²) >= 11 is 0. The first kappa shape index (κ1) is 18.9. The Labute approximate surface area is 167 Å². The minimum atomic E-state index is -3.39. The number of ether oxygens (including phenoxy) is 3. The van der Waals surface area contributed by atoms with Gasteiger partial charge in [-0.1, -0.05) is 18.2 Å². The molecule has 3 aliphatic heterocycles. The molecule has 0 unspecified atom stereocenters. The molecule has 0 radical (unpaired) electrons. The van der Waals surface area contributed by atoms with E-state index in [1.54, 1.807) is 4.31 Å². The van der Waals surface area contributed by atoms with Crippen LogP contribution in [0.4, 0.5) is 0 Å². The summed E-state index contributed by atoms with van der Waals surface area (Å²) in [6, 6.07) is 7.74. The van der Waals surface area contributed by atoms with Gasteiger partial charge in [-0.2, -0.15) is 4.31 Å². The quantitative estimate of drug-likeness (QED) is 0.725. The molecule has 3 atom stereocenters. The zero-order chi connectivity index (χ0) is 19.1. The van der Waals surface area contributed by atoms with Gasteiger partial charge >= 0.3 is 0 Å². The molecule has 0 spiro atoms. The van der Waals surface area contributed by atoms with Gasteiger partial charge in [0, 0.05) is 43.8 Å². The Hall–Kier alpha value is -1.15. The van der Waals surface area contributed by atoms with Crippen molar-refractivity contribution in [1.29, 1.82) is 0 Å². The third-order valence-corrected chi connectivity index (χ3v) is 9.05. The van der Waals surface area contributed by atoms with Crippen LogP contribution in [0.5, 0.6) is 5.75 Å². The lowest BCUT2D eigenvalue weighted by Crippen LogP contribution is -2.42. The molecule has 1 aliphatic carbocycles. The summed E-state index contributed by atoms with van der Waals surface area (Å²) in [5, 5.41) is -0.344. The Bertz CT molecular complexity index is 803. The number of fused-ring (bicyclic) bond motifs is 3. The predicted molar refractivity (Wildman–Crippen MR) is 105 cm³/mol. The van der Waals surface area contributed by atoms with Crippen molar-refractivity contribution in [1.82, 2.24) is 4.31 Å². The topological polar surface area (TPSA) is 65.1 Å². The third kappa shape index (κ3) is 3.47. The molecule has 3 heterocycles. The molecule has 4 aliphatic rings. The van der Waals surface area contributed by atoms with Gasteiger partial charge in [-0.05, 0) is 37.7 Å². The van der Waals surface area contributed by atoms with Crippen LogP contribution in [0, 0.1) is 17.8 Å². The van der Waals surface area contributed by atoms with Gasteiger partial charge in [0.15, 0.2) is 0 Å². The van der Waals surface area contributed by atoms with Crippen LogP contribution in [0.1, 0.15) is 37.3 Å².